The molecule has 0 saturated heterocycles. The molecule has 0 aromatic carbocycles. The Bertz CT molecular complexity index is 136. The average Bonchev–Trinajstić information content (AvgIpc) is 2.12. The van der Waals surface area contributed by atoms with Crippen molar-refractivity contribution < 1.29 is 0 Å². The van der Waals surface area contributed by atoms with E-state index in [-0.39, 0.29) is 0 Å². The van der Waals surface area contributed by atoms with E-state index in [0.717, 1.165) is 11.8 Å². The zero-order chi connectivity index (χ0) is 10.3. The van der Waals surface area contributed by atoms with Crippen LogP contribution in [0, 0.1) is 11.8 Å². The summed E-state index contributed by atoms with van der Waals surface area (Å²) in [5.74, 6) is 1.70. The molecule has 78 valence electrons. The highest BCUT2D eigenvalue weighted by molar-refractivity contribution is 4.99. The molecule has 0 aliphatic heterocycles. The summed E-state index contributed by atoms with van der Waals surface area (Å²) in [6.45, 7) is 11.5. The lowest BCUT2D eigenvalue weighted by molar-refractivity contribution is 0.395. The fraction of sp³-hybridized carbons (Fsp3) is 0.846. The number of hydrogen-bond acceptors (Lipinski definition) is 0. The molecule has 0 bridgehead atoms. The fourth-order valence-electron chi connectivity index (χ4n) is 1.42. The molecule has 1 unspecified atom stereocenters. The van der Waals surface area contributed by atoms with Gasteiger partial charge in [-0.15, -0.1) is 0 Å². The monoisotopic (exact) mass is 182 g/mol. The van der Waals surface area contributed by atoms with Crippen molar-refractivity contribution in [2.75, 3.05) is 0 Å². The van der Waals surface area contributed by atoms with Crippen molar-refractivity contribution in [1.29, 1.82) is 0 Å². The van der Waals surface area contributed by atoms with Crippen LogP contribution in [0.1, 0.15) is 60.3 Å². The molecule has 13 heavy (non-hydrogen) atoms. The second-order valence-electron chi connectivity index (χ2n) is 4.37. The Morgan fingerprint density at radius 1 is 1.08 bits per heavy atom. The molecule has 0 nitrogen and oxygen atoms in total. The summed E-state index contributed by atoms with van der Waals surface area (Å²) in [7, 11) is 0. The van der Waals surface area contributed by atoms with Crippen LogP contribution in [0.4, 0.5) is 0 Å². The van der Waals surface area contributed by atoms with E-state index in [4.69, 9.17) is 0 Å². The van der Waals surface area contributed by atoms with Gasteiger partial charge in [-0.25, -0.2) is 0 Å². The summed E-state index contributed by atoms with van der Waals surface area (Å²) in [6.07, 6.45) is 7.52. The van der Waals surface area contributed by atoms with Gasteiger partial charge in [0.2, 0.25) is 0 Å². The van der Waals surface area contributed by atoms with Crippen LogP contribution in [0.2, 0.25) is 0 Å². The summed E-state index contributed by atoms with van der Waals surface area (Å²) in [4.78, 5) is 0. The van der Waals surface area contributed by atoms with E-state index in [1.807, 2.05) is 0 Å². The second kappa shape index (κ2) is 7.17. The topological polar surface area (TPSA) is 0 Å². The average molecular weight is 182 g/mol. The van der Waals surface area contributed by atoms with Gasteiger partial charge in [0.25, 0.3) is 0 Å². The van der Waals surface area contributed by atoms with Crippen LogP contribution < -0.4 is 0 Å². The molecule has 0 heteroatoms. The van der Waals surface area contributed by atoms with Crippen LogP contribution >= 0.6 is 0 Å². The smallest absolute Gasteiger partial charge is 0.0345 e. The number of allylic oxidation sites excluding steroid dienone is 2. The third-order valence-electron chi connectivity index (χ3n) is 3.10. The van der Waals surface area contributed by atoms with Crippen molar-refractivity contribution in [2.45, 2.75) is 60.3 Å². The first-order valence-electron chi connectivity index (χ1n) is 5.79. The maximum Gasteiger partial charge on any atom is -0.0345 e. The predicted octanol–water partition coefficient (Wildman–Crippen LogP) is 4.81. The van der Waals surface area contributed by atoms with E-state index in [1.54, 1.807) is 5.57 Å². The van der Waals surface area contributed by atoms with Crippen LogP contribution in [0.5, 0.6) is 0 Å². The Kier molecular flexibility index (Phi) is 7.03. The van der Waals surface area contributed by atoms with Crippen molar-refractivity contribution in [3.8, 4) is 0 Å². The highest BCUT2D eigenvalue weighted by Gasteiger charge is 2.05. The van der Waals surface area contributed by atoms with E-state index < -0.39 is 0 Å². The molecule has 0 amide bonds. The van der Waals surface area contributed by atoms with Crippen LogP contribution in [-0.4, -0.2) is 0 Å². The highest BCUT2D eigenvalue weighted by atomic mass is 14.1. The summed E-state index contributed by atoms with van der Waals surface area (Å²) in [5.41, 5.74) is 1.62. The van der Waals surface area contributed by atoms with Gasteiger partial charge in [-0.1, -0.05) is 46.3 Å². The normalized spacial score (nSPS) is 13.1. The number of rotatable bonds is 6. The summed E-state index contributed by atoms with van der Waals surface area (Å²) in [5, 5.41) is 0. The van der Waals surface area contributed by atoms with E-state index >= 15 is 0 Å². The van der Waals surface area contributed by atoms with Gasteiger partial charge < -0.3 is 0 Å². The minimum atomic E-state index is 0.833. The maximum absolute atomic E-state index is 2.44. The van der Waals surface area contributed by atoms with E-state index in [0.29, 0.717) is 0 Å². The second-order valence-corrected chi connectivity index (χ2v) is 4.37. The third-order valence-corrected chi connectivity index (χ3v) is 3.10. The van der Waals surface area contributed by atoms with Gasteiger partial charge in [0, 0.05) is 0 Å². The molecule has 0 saturated carbocycles. The lowest BCUT2D eigenvalue weighted by Gasteiger charge is -2.13. The van der Waals surface area contributed by atoms with Gasteiger partial charge in [-0.05, 0) is 37.5 Å². The first-order chi connectivity index (χ1) is 6.11. The zero-order valence-electron chi connectivity index (χ0n) is 10.1. The van der Waals surface area contributed by atoms with Gasteiger partial charge in [0.05, 0.1) is 0 Å². The predicted molar refractivity (Wildman–Crippen MR) is 61.9 cm³/mol. The molecule has 0 N–H and O–H groups in total. The molecule has 1 atom stereocenters. The Balaban J connectivity index is 3.70. The largest absolute Gasteiger partial charge is 0.0853 e. The van der Waals surface area contributed by atoms with Crippen LogP contribution in [-0.2, 0) is 0 Å². The molecule has 0 spiro atoms. The van der Waals surface area contributed by atoms with Crippen LogP contribution in [0.3, 0.4) is 0 Å². The van der Waals surface area contributed by atoms with E-state index in [9.17, 15) is 0 Å². The Labute approximate surface area is 84.4 Å². The van der Waals surface area contributed by atoms with Gasteiger partial charge in [0.1, 0.15) is 0 Å². The van der Waals surface area contributed by atoms with E-state index in [1.165, 1.54) is 25.7 Å². The van der Waals surface area contributed by atoms with Crippen molar-refractivity contribution in [2.24, 2.45) is 11.8 Å². The first kappa shape index (κ1) is 12.7. The lowest BCUT2D eigenvalue weighted by atomic mass is 9.92. The molecule has 0 aliphatic carbocycles. The van der Waals surface area contributed by atoms with Crippen molar-refractivity contribution >= 4 is 0 Å². The standard InChI is InChI=1S/C13H26/c1-6-13(7-2)10-8-9-12(5)11(3)4/h10-12H,6-9H2,1-5H3. The maximum atomic E-state index is 2.44. The lowest BCUT2D eigenvalue weighted by Crippen LogP contribution is -2.02. The van der Waals surface area contributed by atoms with Crippen LogP contribution in [0.25, 0.3) is 0 Å². The third kappa shape index (κ3) is 5.90. The Morgan fingerprint density at radius 2 is 1.62 bits per heavy atom. The molecular formula is C13H26. The quantitative estimate of drug-likeness (QED) is 0.517. The van der Waals surface area contributed by atoms with Gasteiger partial charge in [-0.3, -0.25) is 0 Å². The molecular weight excluding hydrogens is 156 g/mol. The van der Waals surface area contributed by atoms with Crippen molar-refractivity contribution in [1.82, 2.24) is 0 Å². The van der Waals surface area contributed by atoms with Crippen molar-refractivity contribution in [3.05, 3.63) is 11.6 Å². The molecule has 0 aliphatic rings. The summed E-state index contributed by atoms with van der Waals surface area (Å²) >= 11 is 0. The first-order valence-corrected chi connectivity index (χ1v) is 5.79. The molecule has 0 radical (unpaired) electrons. The van der Waals surface area contributed by atoms with Crippen molar-refractivity contribution in [3.63, 3.8) is 0 Å². The molecule has 0 fully saturated rings. The Hall–Kier alpha value is -0.260. The van der Waals surface area contributed by atoms with Gasteiger partial charge >= 0.3 is 0 Å². The molecule has 0 heterocycles. The fourth-order valence-corrected chi connectivity index (χ4v) is 1.42. The number of hydrogen-bond donors (Lipinski definition) is 0. The Morgan fingerprint density at radius 3 is 2.00 bits per heavy atom. The van der Waals surface area contributed by atoms with E-state index in [2.05, 4.69) is 40.7 Å². The molecule has 0 aromatic rings. The molecule has 0 aromatic heterocycles. The summed E-state index contributed by atoms with van der Waals surface area (Å²) < 4.78 is 0. The highest BCUT2D eigenvalue weighted by Crippen LogP contribution is 2.17. The molecule has 0 rings (SSSR count). The zero-order valence-corrected chi connectivity index (χ0v) is 10.1. The van der Waals surface area contributed by atoms with Gasteiger partial charge in [-0.2, -0.15) is 0 Å². The SMILES string of the molecule is CCC(=CCCC(C)C(C)C)CC. The van der Waals surface area contributed by atoms with Gasteiger partial charge in [0.15, 0.2) is 0 Å². The van der Waals surface area contributed by atoms with Crippen LogP contribution in [0.15, 0.2) is 11.6 Å². The minimum absolute atomic E-state index is 0.833. The minimum Gasteiger partial charge on any atom is -0.0853 e. The summed E-state index contributed by atoms with van der Waals surface area (Å²) in [6, 6.07) is 0.